The molecule has 3 heteroatoms. The maximum atomic E-state index is 6.12. The van der Waals surface area contributed by atoms with Gasteiger partial charge in [0.1, 0.15) is 5.76 Å². The minimum absolute atomic E-state index is 0.269. The van der Waals surface area contributed by atoms with Crippen molar-refractivity contribution in [3.8, 4) is 0 Å². The number of nitrogens with two attached hydrogens (primary N) is 1. The van der Waals surface area contributed by atoms with Gasteiger partial charge in [-0.1, -0.05) is 6.42 Å². The normalized spacial score (nSPS) is 31.3. The van der Waals surface area contributed by atoms with Crippen molar-refractivity contribution in [2.45, 2.75) is 44.2 Å². The fourth-order valence-corrected chi connectivity index (χ4v) is 3.12. The summed E-state index contributed by atoms with van der Waals surface area (Å²) in [7, 11) is 0. The molecule has 0 saturated carbocycles. The van der Waals surface area contributed by atoms with Crippen LogP contribution in [-0.4, -0.2) is 24.0 Å². The number of rotatable bonds is 1. The number of fused-ring (bicyclic) bond motifs is 1. The van der Waals surface area contributed by atoms with E-state index >= 15 is 0 Å². The molecule has 1 fully saturated rings. The summed E-state index contributed by atoms with van der Waals surface area (Å²) in [6.07, 6.45) is 7.87. The molecule has 0 aromatic carbocycles. The molecule has 0 amide bonds. The fourth-order valence-electron chi connectivity index (χ4n) is 3.12. The second kappa shape index (κ2) is 4.22. The van der Waals surface area contributed by atoms with Gasteiger partial charge in [-0.3, -0.25) is 4.90 Å². The molecule has 2 unspecified atom stereocenters. The van der Waals surface area contributed by atoms with E-state index in [-0.39, 0.29) is 6.04 Å². The number of hydrogen-bond donors (Lipinski definition) is 1. The van der Waals surface area contributed by atoms with Gasteiger partial charge in [-0.15, -0.1) is 0 Å². The second-order valence-corrected chi connectivity index (χ2v) is 5.11. The third-order valence-electron chi connectivity index (χ3n) is 3.94. The quantitative estimate of drug-likeness (QED) is 0.788. The highest BCUT2D eigenvalue weighted by atomic mass is 16.3. The summed E-state index contributed by atoms with van der Waals surface area (Å²) < 4.78 is 5.54. The first-order chi connectivity index (χ1) is 7.84. The maximum absolute atomic E-state index is 6.12. The predicted molar refractivity (Wildman–Crippen MR) is 63.2 cm³/mol. The van der Waals surface area contributed by atoms with Crippen LogP contribution in [0.2, 0.25) is 0 Å². The first-order valence-corrected chi connectivity index (χ1v) is 6.40. The summed E-state index contributed by atoms with van der Waals surface area (Å²) in [6.45, 7) is 2.45. The first-order valence-electron chi connectivity index (χ1n) is 6.40. The average Bonchev–Trinajstić information content (AvgIpc) is 2.77. The van der Waals surface area contributed by atoms with Gasteiger partial charge in [-0.2, -0.15) is 0 Å². The van der Waals surface area contributed by atoms with Gasteiger partial charge in [0.2, 0.25) is 0 Å². The van der Waals surface area contributed by atoms with E-state index in [0.717, 1.165) is 18.6 Å². The minimum Gasteiger partial charge on any atom is -0.469 e. The molecule has 1 aromatic heterocycles. The van der Waals surface area contributed by atoms with Crippen molar-refractivity contribution in [2.24, 2.45) is 5.73 Å². The Morgan fingerprint density at radius 2 is 2.06 bits per heavy atom. The van der Waals surface area contributed by atoms with Gasteiger partial charge >= 0.3 is 0 Å². The Morgan fingerprint density at radius 1 is 1.25 bits per heavy atom. The van der Waals surface area contributed by atoms with E-state index in [2.05, 4.69) is 11.0 Å². The number of hydrogen-bond acceptors (Lipinski definition) is 3. The van der Waals surface area contributed by atoms with Gasteiger partial charge in [-0.25, -0.2) is 0 Å². The number of piperidine rings is 1. The lowest BCUT2D eigenvalue weighted by Crippen LogP contribution is -2.40. The van der Waals surface area contributed by atoms with Gasteiger partial charge in [-0.05, 0) is 38.4 Å². The van der Waals surface area contributed by atoms with E-state index in [1.165, 1.54) is 37.9 Å². The Labute approximate surface area is 96.6 Å². The van der Waals surface area contributed by atoms with Crippen molar-refractivity contribution in [1.29, 1.82) is 0 Å². The molecule has 2 N–H and O–H groups in total. The molecule has 0 bridgehead atoms. The van der Waals surface area contributed by atoms with Gasteiger partial charge in [0.15, 0.2) is 0 Å². The molecule has 2 heterocycles. The maximum Gasteiger partial charge on any atom is 0.110 e. The van der Waals surface area contributed by atoms with E-state index in [0.29, 0.717) is 6.04 Å². The van der Waals surface area contributed by atoms with Gasteiger partial charge in [0.25, 0.3) is 0 Å². The highest BCUT2D eigenvalue weighted by Gasteiger charge is 2.31. The molecule has 3 nitrogen and oxygen atoms in total. The summed E-state index contributed by atoms with van der Waals surface area (Å²) in [5.41, 5.74) is 7.51. The molecule has 0 radical (unpaired) electrons. The summed E-state index contributed by atoms with van der Waals surface area (Å²) in [4.78, 5) is 2.59. The van der Waals surface area contributed by atoms with E-state index < -0.39 is 0 Å². The molecular formula is C13H20N2O. The van der Waals surface area contributed by atoms with Crippen LogP contribution in [-0.2, 0) is 6.42 Å². The molecule has 1 aliphatic heterocycles. The third kappa shape index (κ3) is 1.78. The molecule has 16 heavy (non-hydrogen) atoms. The Kier molecular flexibility index (Phi) is 2.74. The van der Waals surface area contributed by atoms with E-state index in [1.54, 1.807) is 0 Å². The molecule has 3 rings (SSSR count). The summed E-state index contributed by atoms with van der Waals surface area (Å²) in [5, 5.41) is 0. The summed E-state index contributed by atoms with van der Waals surface area (Å²) in [6, 6.07) is 2.92. The number of furan rings is 1. The molecular weight excluding hydrogens is 200 g/mol. The molecule has 1 aliphatic carbocycles. The van der Waals surface area contributed by atoms with Crippen LogP contribution >= 0.6 is 0 Å². The lowest BCUT2D eigenvalue weighted by atomic mass is 9.88. The van der Waals surface area contributed by atoms with E-state index in [9.17, 15) is 0 Å². The summed E-state index contributed by atoms with van der Waals surface area (Å²) in [5.74, 6) is 1.12. The van der Waals surface area contributed by atoms with Crippen LogP contribution in [0.5, 0.6) is 0 Å². The molecule has 2 atom stereocenters. The molecule has 88 valence electrons. The van der Waals surface area contributed by atoms with Crippen LogP contribution in [0.4, 0.5) is 0 Å². The number of likely N-dealkylation sites (tertiary alicyclic amines) is 1. The monoisotopic (exact) mass is 220 g/mol. The highest BCUT2D eigenvalue weighted by molar-refractivity contribution is 5.26. The minimum atomic E-state index is 0.269. The van der Waals surface area contributed by atoms with Crippen LogP contribution in [0.3, 0.4) is 0 Å². The predicted octanol–water partition coefficient (Wildman–Crippen LogP) is 2.08. The lowest BCUT2D eigenvalue weighted by Gasteiger charge is -2.38. The number of nitrogens with zero attached hydrogens (tertiary/aromatic N) is 1. The van der Waals surface area contributed by atoms with Gasteiger partial charge in [0.05, 0.1) is 6.26 Å². The van der Waals surface area contributed by atoms with Crippen molar-refractivity contribution in [2.75, 3.05) is 13.1 Å². The van der Waals surface area contributed by atoms with E-state index in [1.807, 2.05) is 6.26 Å². The Balaban J connectivity index is 1.84. The zero-order valence-electron chi connectivity index (χ0n) is 9.69. The van der Waals surface area contributed by atoms with Crippen molar-refractivity contribution < 1.29 is 4.42 Å². The molecule has 1 saturated heterocycles. The second-order valence-electron chi connectivity index (χ2n) is 5.11. The van der Waals surface area contributed by atoms with Crippen LogP contribution in [0.1, 0.15) is 43.0 Å². The van der Waals surface area contributed by atoms with Crippen LogP contribution in [0.15, 0.2) is 16.7 Å². The average molecular weight is 220 g/mol. The SMILES string of the molecule is NC1Cc2occc2C(N2CCCCC2)C1. The molecule has 0 spiro atoms. The van der Waals surface area contributed by atoms with Crippen LogP contribution < -0.4 is 5.73 Å². The van der Waals surface area contributed by atoms with Crippen LogP contribution in [0.25, 0.3) is 0 Å². The standard InChI is InChI=1S/C13H20N2O/c14-10-8-12(15-5-2-1-3-6-15)11-4-7-16-13(11)9-10/h4,7,10,12H,1-3,5-6,8-9,14H2. The smallest absolute Gasteiger partial charge is 0.110 e. The van der Waals surface area contributed by atoms with Crippen molar-refractivity contribution in [1.82, 2.24) is 4.90 Å². The topological polar surface area (TPSA) is 42.4 Å². The first kappa shape index (κ1) is 10.4. The highest BCUT2D eigenvalue weighted by Crippen LogP contribution is 2.35. The summed E-state index contributed by atoms with van der Waals surface area (Å²) >= 11 is 0. The third-order valence-corrected chi connectivity index (χ3v) is 3.94. The lowest BCUT2D eigenvalue weighted by molar-refractivity contribution is 0.140. The van der Waals surface area contributed by atoms with Gasteiger partial charge < -0.3 is 10.2 Å². The molecule has 2 aliphatic rings. The molecule has 1 aromatic rings. The van der Waals surface area contributed by atoms with E-state index in [4.69, 9.17) is 10.2 Å². The zero-order chi connectivity index (χ0) is 11.0. The Bertz CT molecular complexity index is 355. The Morgan fingerprint density at radius 3 is 2.88 bits per heavy atom. The van der Waals surface area contributed by atoms with Crippen molar-refractivity contribution >= 4 is 0 Å². The fraction of sp³-hybridized carbons (Fsp3) is 0.692. The van der Waals surface area contributed by atoms with Crippen LogP contribution in [0, 0.1) is 0 Å². The Hall–Kier alpha value is -0.800. The zero-order valence-corrected chi connectivity index (χ0v) is 9.69. The van der Waals surface area contributed by atoms with Crippen molar-refractivity contribution in [3.05, 3.63) is 23.7 Å². The van der Waals surface area contributed by atoms with Gasteiger partial charge in [0, 0.05) is 24.1 Å². The van der Waals surface area contributed by atoms with Crippen molar-refractivity contribution in [3.63, 3.8) is 0 Å². The largest absolute Gasteiger partial charge is 0.469 e.